The van der Waals surface area contributed by atoms with E-state index in [1.807, 2.05) is 30.0 Å². The van der Waals surface area contributed by atoms with Crippen LogP contribution in [0.15, 0.2) is 30.6 Å². The molecule has 2 aromatic rings. The summed E-state index contributed by atoms with van der Waals surface area (Å²) < 4.78 is 0. The van der Waals surface area contributed by atoms with E-state index in [1.54, 1.807) is 26.5 Å². The van der Waals surface area contributed by atoms with Gasteiger partial charge in [0.25, 0.3) is 0 Å². The van der Waals surface area contributed by atoms with Gasteiger partial charge in [0, 0.05) is 56.9 Å². The largest absolute Gasteiger partial charge is 0.388 e. The van der Waals surface area contributed by atoms with Gasteiger partial charge in [-0.1, -0.05) is 0 Å². The van der Waals surface area contributed by atoms with Crippen molar-refractivity contribution in [3.8, 4) is 11.4 Å². The Morgan fingerprint density at radius 3 is 2.88 bits per heavy atom. The van der Waals surface area contributed by atoms with Gasteiger partial charge in [-0.25, -0.2) is 9.97 Å². The quantitative estimate of drug-likeness (QED) is 0.898. The van der Waals surface area contributed by atoms with Crippen LogP contribution in [0.4, 0.5) is 5.82 Å². The maximum Gasteiger partial charge on any atom is 0.225 e. The van der Waals surface area contributed by atoms with Gasteiger partial charge in [0.15, 0.2) is 5.82 Å². The van der Waals surface area contributed by atoms with Crippen molar-refractivity contribution < 1.29 is 9.90 Å². The Balaban J connectivity index is 1.84. The molecule has 1 aliphatic rings. The van der Waals surface area contributed by atoms with Gasteiger partial charge in [-0.2, -0.15) is 0 Å². The highest BCUT2D eigenvalue weighted by Gasteiger charge is 2.36. The molecule has 0 spiro atoms. The molecule has 1 fully saturated rings. The lowest BCUT2D eigenvalue weighted by Gasteiger charge is -2.40. The van der Waals surface area contributed by atoms with Crippen LogP contribution >= 0.6 is 0 Å². The molecule has 138 valence electrons. The molecule has 3 heterocycles. The number of carbonyl (C=O) groups is 1. The molecule has 0 saturated carbocycles. The molecule has 1 saturated heterocycles. The van der Waals surface area contributed by atoms with Crippen LogP contribution in [0, 0.1) is 6.92 Å². The number of β-amino-alcohol motifs (C(OH)–C–C–N with tert-alkyl or cyclic N) is 1. The van der Waals surface area contributed by atoms with Crippen LogP contribution in [0.3, 0.4) is 0 Å². The smallest absolute Gasteiger partial charge is 0.225 e. The maximum atomic E-state index is 12.1. The normalized spacial score (nSPS) is 20.1. The molecule has 26 heavy (non-hydrogen) atoms. The highest BCUT2D eigenvalue weighted by Crippen LogP contribution is 2.29. The topological polar surface area (TPSA) is 82.5 Å². The number of nitrogens with zero attached hydrogens (tertiary/aromatic N) is 5. The first-order valence-corrected chi connectivity index (χ1v) is 8.80. The Kier molecular flexibility index (Phi) is 5.18. The number of aliphatic hydroxyl groups is 1. The van der Waals surface area contributed by atoms with Crippen LogP contribution in [-0.4, -0.2) is 63.7 Å². The predicted octanol–water partition coefficient (Wildman–Crippen LogP) is 1.66. The van der Waals surface area contributed by atoms with E-state index >= 15 is 0 Å². The van der Waals surface area contributed by atoms with Gasteiger partial charge in [0.2, 0.25) is 5.91 Å². The Bertz CT molecular complexity index is 781. The fraction of sp³-hybridized carbons (Fsp3) is 0.474. The highest BCUT2D eigenvalue weighted by molar-refractivity contribution is 5.76. The fourth-order valence-electron chi connectivity index (χ4n) is 3.23. The van der Waals surface area contributed by atoms with E-state index in [4.69, 9.17) is 0 Å². The number of hydrogen-bond acceptors (Lipinski definition) is 6. The highest BCUT2D eigenvalue weighted by atomic mass is 16.3. The van der Waals surface area contributed by atoms with Gasteiger partial charge in [-0.05, 0) is 31.9 Å². The summed E-state index contributed by atoms with van der Waals surface area (Å²) in [5.41, 5.74) is 0.673. The molecule has 1 N–H and O–H groups in total. The zero-order valence-electron chi connectivity index (χ0n) is 15.5. The number of amides is 1. The second kappa shape index (κ2) is 7.37. The Hall–Kier alpha value is -2.54. The van der Waals surface area contributed by atoms with Gasteiger partial charge < -0.3 is 14.9 Å². The van der Waals surface area contributed by atoms with Crippen molar-refractivity contribution in [3.63, 3.8) is 0 Å². The van der Waals surface area contributed by atoms with E-state index in [9.17, 15) is 9.90 Å². The molecule has 0 aromatic carbocycles. The molecule has 3 rings (SSSR count). The molecule has 0 radical (unpaired) electrons. The van der Waals surface area contributed by atoms with E-state index in [2.05, 4.69) is 15.0 Å². The second-order valence-electron chi connectivity index (χ2n) is 7.15. The first-order valence-electron chi connectivity index (χ1n) is 8.80. The first-order chi connectivity index (χ1) is 12.4. The molecule has 0 bridgehead atoms. The SMILES string of the molecule is Cc1cc(N2CCCC(O)(CC(=O)N(C)C)C2)nc(-c2cccnc2)n1. The van der Waals surface area contributed by atoms with Crippen molar-refractivity contribution in [1.29, 1.82) is 0 Å². The van der Waals surface area contributed by atoms with Gasteiger partial charge >= 0.3 is 0 Å². The number of rotatable bonds is 4. The average molecular weight is 355 g/mol. The van der Waals surface area contributed by atoms with E-state index in [1.165, 1.54) is 4.90 Å². The number of pyridine rings is 1. The summed E-state index contributed by atoms with van der Waals surface area (Å²) in [4.78, 5) is 28.9. The Morgan fingerprint density at radius 2 is 2.19 bits per heavy atom. The molecule has 1 amide bonds. The van der Waals surface area contributed by atoms with Crippen LogP contribution in [0.25, 0.3) is 11.4 Å². The summed E-state index contributed by atoms with van der Waals surface area (Å²) in [5.74, 6) is 1.32. The molecule has 7 nitrogen and oxygen atoms in total. The standard InChI is InChI=1S/C19H25N5O2/c1-14-10-16(22-18(21-14)15-6-4-8-20-12-15)24-9-5-7-19(26,13-24)11-17(25)23(2)3/h4,6,8,10,12,26H,5,7,9,11,13H2,1-3H3. The van der Waals surface area contributed by atoms with Crippen molar-refractivity contribution >= 4 is 11.7 Å². The number of hydrogen-bond donors (Lipinski definition) is 1. The number of carbonyl (C=O) groups excluding carboxylic acids is 1. The monoisotopic (exact) mass is 355 g/mol. The van der Waals surface area contributed by atoms with E-state index < -0.39 is 5.60 Å². The van der Waals surface area contributed by atoms with Crippen LogP contribution in [0.5, 0.6) is 0 Å². The fourth-order valence-corrected chi connectivity index (χ4v) is 3.23. The lowest BCUT2D eigenvalue weighted by Crippen LogP contribution is -2.50. The van der Waals surface area contributed by atoms with Crippen molar-refractivity contribution in [3.05, 3.63) is 36.3 Å². The predicted molar refractivity (Wildman–Crippen MR) is 99.7 cm³/mol. The number of piperidine rings is 1. The van der Waals surface area contributed by atoms with Gasteiger partial charge in [0.05, 0.1) is 12.0 Å². The third-order valence-electron chi connectivity index (χ3n) is 4.62. The lowest BCUT2D eigenvalue weighted by atomic mass is 9.89. The Morgan fingerprint density at radius 1 is 1.38 bits per heavy atom. The summed E-state index contributed by atoms with van der Waals surface area (Å²) in [6.07, 6.45) is 4.99. The number of aryl methyl sites for hydroxylation is 1. The molecule has 0 aliphatic carbocycles. The van der Waals surface area contributed by atoms with Crippen molar-refractivity contribution in [2.75, 3.05) is 32.1 Å². The summed E-state index contributed by atoms with van der Waals surface area (Å²) in [5, 5.41) is 10.9. The maximum absolute atomic E-state index is 12.1. The van der Waals surface area contributed by atoms with Crippen LogP contribution in [0.2, 0.25) is 0 Å². The number of anilines is 1. The lowest BCUT2D eigenvalue weighted by molar-refractivity contribution is -0.134. The zero-order valence-corrected chi connectivity index (χ0v) is 15.5. The summed E-state index contributed by atoms with van der Waals surface area (Å²) >= 11 is 0. The molecular weight excluding hydrogens is 330 g/mol. The third-order valence-corrected chi connectivity index (χ3v) is 4.62. The first kappa shape index (κ1) is 18.3. The number of aromatic nitrogens is 3. The van der Waals surface area contributed by atoms with Crippen LogP contribution in [-0.2, 0) is 4.79 Å². The van der Waals surface area contributed by atoms with Gasteiger partial charge in [-0.3, -0.25) is 9.78 Å². The minimum atomic E-state index is -1.03. The van der Waals surface area contributed by atoms with Crippen molar-refractivity contribution in [2.24, 2.45) is 0 Å². The van der Waals surface area contributed by atoms with Gasteiger partial charge in [-0.15, -0.1) is 0 Å². The van der Waals surface area contributed by atoms with Crippen molar-refractivity contribution in [1.82, 2.24) is 19.9 Å². The summed E-state index contributed by atoms with van der Waals surface area (Å²) in [6.45, 7) is 3.10. The Labute approximate surface area is 153 Å². The summed E-state index contributed by atoms with van der Waals surface area (Å²) in [6, 6.07) is 5.69. The minimum absolute atomic E-state index is 0.0655. The van der Waals surface area contributed by atoms with Crippen LogP contribution < -0.4 is 4.90 Å². The van der Waals surface area contributed by atoms with Gasteiger partial charge in [0.1, 0.15) is 5.82 Å². The molecule has 1 aliphatic heterocycles. The van der Waals surface area contributed by atoms with Crippen LogP contribution in [0.1, 0.15) is 25.0 Å². The molecule has 1 unspecified atom stereocenters. The van der Waals surface area contributed by atoms with E-state index in [0.29, 0.717) is 18.8 Å². The average Bonchev–Trinajstić information content (AvgIpc) is 2.61. The molecular formula is C19H25N5O2. The van der Waals surface area contributed by atoms with E-state index in [-0.39, 0.29) is 12.3 Å². The summed E-state index contributed by atoms with van der Waals surface area (Å²) in [7, 11) is 3.42. The molecule has 1 atom stereocenters. The molecule has 2 aromatic heterocycles. The van der Waals surface area contributed by atoms with E-state index in [0.717, 1.165) is 30.0 Å². The second-order valence-corrected chi connectivity index (χ2v) is 7.15. The van der Waals surface area contributed by atoms with Crippen molar-refractivity contribution in [2.45, 2.75) is 31.8 Å². The minimum Gasteiger partial charge on any atom is -0.388 e. The zero-order chi connectivity index (χ0) is 18.7. The molecule has 7 heteroatoms. The third kappa shape index (κ3) is 4.16.